The number of rotatable bonds is 5. The number of halogens is 1. The Morgan fingerprint density at radius 3 is 2.53 bits per heavy atom. The van der Waals surface area contributed by atoms with Crippen molar-refractivity contribution in [1.82, 2.24) is 15.5 Å². The van der Waals surface area contributed by atoms with Gasteiger partial charge in [-0.25, -0.2) is 4.79 Å². The normalized spacial score (nSPS) is 16.2. The van der Waals surface area contributed by atoms with Crippen LogP contribution in [-0.2, 0) is 0 Å². The molecule has 1 aliphatic rings. The van der Waals surface area contributed by atoms with E-state index >= 15 is 0 Å². The molecule has 0 bridgehead atoms. The number of benzene rings is 1. The maximum Gasteiger partial charge on any atom is 0.315 e. The van der Waals surface area contributed by atoms with Gasteiger partial charge in [0.2, 0.25) is 0 Å². The number of likely N-dealkylation sites (N-methyl/N-ethyl adjacent to an activating group) is 1. The molecule has 104 valence electrons. The first-order valence-electron chi connectivity index (χ1n) is 6.52. The number of nitrogens with one attached hydrogen (secondary N) is 2. The molecule has 2 N–H and O–H groups in total. The number of amides is 2. The molecule has 1 saturated carbocycles. The number of carbonyl (C=O) groups is 1. The van der Waals surface area contributed by atoms with Crippen molar-refractivity contribution in [2.24, 2.45) is 0 Å². The summed E-state index contributed by atoms with van der Waals surface area (Å²) in [5.74, 6) is 0. The van der Waals surface area contributed by atoms with E-state index in [1.54, 1.807) is 0 Å². The Hall–Kier alpha value is -1.26. The Kier molecular flexibility index (Phi) is 4.66. The van der Waals surface area contributed by atoms with Gasteiger partial charge in [-0.05, 0) is 44.6 Å². The molecule has 1 aromatic carbocycles. The molecule has 0 spiro atoms. The van der Waals surface area contributed by atoms with Crippen molar-refractivity contribution in [1.29, 1.82) is 0 Å². The second-order valence-electron chi connectivity index (χ2n) is 5.16. The average molecular weight is 282 g/mol. The maximum absolute atomic E-state index is 11.6. The molecule has 0 aromatic heterocycles. The van der Waals surface area contributed by atoms with Crippen LogP contribution in [0, 0.1) is 0 Å². The van der Waals surface area contributed by atoms with Crippen LogP contribution in [0.15, 0.2) is 24.3 Å². The monoisotopic (exact) mass is 281 g/mol. The summed E-state index contributed by atoms with van der Waals surface area (Å²) in [5, 5.41) is 6.57. The average Bonchev–Trinajstić information content (AvgIpc) is 3.15. The zero-order valence-electron chi connectivity index (χ0n) is 11.3. The van der Waals surface area contributed by atoms with Gasteiger partial charge in [-0.2, -0.15) is 0 Å². The predicted molar refractivity (Wildman–Crippen MR) is 77.4 cm³/mol. The quantitative estimate of drug-likeness (QED) is 0.870. The van der Waals surface area contributed by atoms with Crippen LogP contribution < -0.4 is 10.6 Å². The van der Waals surface area contributed by atoms with Crippen LogP contribution in [0.5, 0.6) is 0 Å². The fourth-order valence-corrected chi connectivity index (χ4v) is 2.06. The lowest BCUT2D eigenvalue weighted by Gasteiger charge is -2.25. The Bertz CT molecular complexity index is 429. The van der Waals surface area contributed by atoms with Gasteiger partial charge in [-0.1, -0.05) is 23.7 Å². The molecule has 0 aliphatic heterocycles. The standard InChI is InChI=1S/C14H20ClN3O/c1-18(2)13(10-3-5-11(15)6-4-10)9-16-14(19)17-12-7-8-12/h3-6,12-13H,7-9H2,1-2H3,(H2,16,17,19). The first-order valence-corrected chi connectivity index (χ1v) is 6.90. The van der Waals surface area contributed by atoms with Crippen molar-refractivity contribution in [3.63, 3.8) is 0 Å². The molecular formula is C14H20ClN3O. The number of carbonyl (C=O) groups excluding carboxylic acids is 1. The van der Waals surface area contributed by atoms with Gasteiger partial charge in [0.1, 0.15) is 0 Å². The van der Waals surface area contributed by atoms with E-state index < -0.39 is 0 Å². The van der Waals surface area contributed by atoms with Crippen molar-refractivity contribution in [2.75, 3.05) is 20.6 Å². The first-order chi connectivity index (χ1) is 9.06. The van der Waals surface area contributed by atoms with E-state index in [9.17, 15) is 4.79 Å². The molecule has 19 heavy (non-hydrogen) atoms. The summed E-state index contributed by atoms with van der Waals surface area (Å²) in [6.07, 6.45) is 2.20. The zero-order valence-corrected chi connectivity index (χ0v) is 12.1. The third-order valence-electron chi connectivity index (χ3n) is 3.25. The summed E-state index contributed by atoms with van der Waals surface area (Å²) >= 11 is 5.89. The molecule has 5 heteroatoms. The van der Waals surface area contributed by atoms with Gasteiger partial charge >= 0.3 is 6.03 Å². The Labute approximate surface area is 119 Å². The molecule has 1 aliphatic carbocycles. The van der Waals surface area contributed by atoms with Crippen molar-refractivity contribution in [3.05, 3.63) is 34.9 Å². The molecule has 1 atom stereocenters. The second-order valence-corrected chi connectivity index (χ2v) is 5.60. The fraction of sp³-hybridized carbons (Fsp3) is 0.500. The van der Waals surface area contributed by atoms with E-state index in [4.69, 9.17) is 11.6 Å². The smallest absolute Gasteiger partial charge is 0.315 e. The van der Waals surface area contributed by atoms with E-state index in [1.807, 2.05) is 38.4 Å². The van der Waals surface area contributed by atoms with E-state index in [1.165, 1.54) is 0 Å². The number of hydrogen-bond donors (Lipinski definition) is 2. The molecule has 1 unspecified atom stereocenters. The van der Waals surface area contributed by atoms with Gasteiger partial charge in [-0.15, -0.1) is 0 Å². The van der Waals surface area contributed by atoms with Crippen molar-refractivity contribution >= 4 is 17.6 Å². The molecule has 1 aromatic rings. The summed E-state index contributed by atoms with van der Waals surface area (Å²) in [7, 11) is 4.00. The molecule has 2 amide bonds. The maximum atomic E-state index is 11.6. The van der Waals surface area contributed by atoms with Crippen LogP contribution in [-0.4, -0.2) is 37.6 Å². The largest absolute Gasteiger partial charge is 0.336 e. The lowest BCUT2D eigenvalue weighted by atomic mass is 10.1. The van der Waals surface area contributed by atoms with Gasteiger partial charge in [0.25, 0.3) is 0 Å². The van der Waals surface area contributed by atoms with Crippen LogP contribution in [0.1, 0.15) is 24.4 Å². The van der Waals surface area contributed by atoms with E-state index in [0.29, 0.717) is 12.6 Å². The molecule has 0 saturated heterocycles. The summed E-state index contributed by atoms with van der Waals surface area (Å²) in [5.41, 5.74) is 1.14. The number of nitrogens with zero attached hydrogens (tertiary/aromatic N) is 1. The SMILES string of the molecule is CN(C)C(CNC(=O)NC1CC1)c1ccc(Cl)cc1. The fourth-order valence-electron chi connectivity index (χ4n) is 1.94. The highest BCUT2D eigenvalue weighted by Crippen LogP contribution is 2.20. The summed E-state index contributed by atoms with van der Waals surface area (Å²) in [6.45, 7) is 0.577. The van der Waals surface area contributed by atoms with Crippen molar-refractivity contribution < 1.29 is 4.79 Å². The highest BCUT2D eigenvalue weighted by Gasteiger charge is 2.23. The van der Waals surface area contributed by atoms with Gasteiger partial charge in [0, 0.05) is 17.6 Å². The van der Waals surface area contributed by atoms with Crippen molar-refractivity contribution in [3.8, 4) is 0 Å². The van der Waals surface area contributed by atoms with Crippen LogP contribution >= 0.6 is 11.6 Å². The Morgan fingerprint density at radius 2 is 2.00 bits per heavy atom. The lowest BCUT2D eigenvalue weighted by Crippen LogP contribution is -2.41. The number of urea groups is 1. The predicted octanol–water partition coefficient (Wildman–Crippen LogP) is 2.40. The summed E-state index contributed by atoms with van der Waals surface area (Å²) in [4.78, 5) is 13.7. The van der Waals surface area contributed by atoms with Crippen LogP contribution in [0.25, 0.3) is 0 Å². The minimum absolute atomic E-state index is 0.0803. The van der Waals surface area contributed by atoms with Gasteiger partial charge in [0.15, 0.2) is 0 Å². The summed E-state index contributed by atoms with van der Waals surface area (Å²) < 4.78 is 0. The van der Waals surface area contributed by atoms with Crippen LogP contribution in [0.3, 0.4) is 0 Å². The minimum atomic E-state index is -0.0803. The number of hydrogen-bond acceptors (Lipinski definition) is 2. The molecule has 1 fully saturated rings. The highest BCUT2D eigenvalue weighted by molar-refractivity contribution is 6.30. The first kappa shape index (κ1) is 14.2. The molecule has 0 radical (unpaired) electrons. The van der Waals surface area contributed by atoms with Gasteiger partial charge in [0.05, 0.1) is 6.04 Å². The highest BCUT2D eigenvalue weighted by atomic mass is 35.5. The van der Waals surface area contributed by atoms with E-state index in [-0.39, 0.29) is 12.1 Å². The van der Waals surface area contributed by atoms with Crippen LogP contribution in [0.4, 0.5) is 4.79 Å². The molecule has 2 rings (SSSR count). The lowest BCUT2D eigenvalue weighted by molar-refractivity contribution is 0.232. The summed E-state index contributed by atoms with van der Waals surface area (Å²) in [6, 6.07) is 8.18. The van der Waals surface area contributed by atoms with Crippen LogP contribution in [0.2, 0.25) is 5.02 Å². The molecule has 0 heterocycles. The van der Waals surface area contributed by atoms with E-state index in [0.717, 1.165) is 23.4 Å². The Morgan fingerprint density at radius 1 is 1.37 bits per heavy atom. The minimum Gasteiger partial charge on any atom is -0.336 e. The van der Waals surface area contributed by atoms with Gasteiger partial charge < -0.3 is 15.5 Å². The third-order valence-corrected chi connectivity index (χ3v) is 3.50. The second kappa shape index (κ2) is 6.26. The molecular weight excluding hydrogens is 262 g/mol. The Balaban J connectivity index is 1.91. The zero-order chi connectivity index (χ0) is 13.8. The third kappa shape index (κ3) is 4.40. The molecule has 4 nitrogen and oxygen atoms in total. The van der Waals surface area contributed by atoms with Crippen molar-refractivity contribution in [2.45, 2.75) is 24.9 Å². The van der Waals surface area contributed by atoms with E-state index in [2.05, 4.69) is 15.5 Å². The topological polar surface area (TPSA) is 44.4 Å². The van der Waals surface area contributed by atoms with Gasteiger partial charge in [-0.3, -0.25) is 0 Å².